The maximum atomic E-state index is 12.1. The van der Waals surface area contributed by atoms with Gasteiger partial charge in [0.05, 0.1) is 17.1 Å². The van der Waals surface area contributed by atoms with Crippen molar-refractivity contribution in [1.29, 1.82) is 0 Å². The summed E-state index contributed by atoms with van der Waals surface area (Å²) in [5.74, 6) is 0.203. The summed E-state index contributed by atoms with van der Waals surface area (Å²) in [7, 11) is -3.03. The minimum Gasteiger partial charge on any atom is -0.377 e. The summed E-state index contributed by atoms with van der Waals surface area (Å²) in [6, 6.07) is 2.10. The molecule has 0 aliphatic carbocycles. The van der Waals surface area contributed by atoms with Gasteiger partial charge in [0.15, 0.2) is 9.84 Å². The van der Waals surface area contributed by atoms with Gasteiger partial charge < -0.3 is 10.1 Å². The Morgan fingerprint density at radius 1 is 1.47 bits per heavy atom. The quantitative estimate of drug-likeness (QED) is 0.775. The highest BCUT2D eigenvalue weighted by Crippen LogP contribution is 2.21. The number of thiophene rings is 1. The summed E-state index contributed by atoms with van der Waals surface area (Å²) in [6.07, 6.45) is 1.43. The van der Waals surface area contributed by atoms with E-state index >= 15 is 0 Å². The largest absolute Gasteiger partial charge is 0.377 e. The molecule has 1 N–H and O–H groups in total. The second-order valence-corrected chi connectivity index (χ2v) is 8.02. The van der Waals surface area contributed by atoms with Gasteiger partial charge in [-0.2, -0.15) is 11.3 Å². The summed E-state index contributed by atoms with van der Waals surface area (Å²) in [4.78, 5) is 0. The van der Waals surface area contributed by atoms with Crippen molar-refractivity contribution in [2.75, 3.05) is 25.4 Å². The molecule has 0 saturated carbocycles. The number of rotatable bonds is 7. The average molecular weight is 303 g/mol. The molecule has 0 aromatic carbocycles. The van der Waals surface area contributed by atoms with Crippen molar-refractivity contribution in [3.8, 4) is 0 Å². The first-order chi connectivity index (χ1) is 9.09. The molecule has 2 rings (SSSR count). The van der Waals surface area contributed by atoms with Crippen LogP contribution < -0.4 is 5.32 Å². The zero-order chi connectivity index (χ0) is 13.7. The monoisotopic (exact) mass is 303 g/mol. The van der Waals surface area contributed by atoms with Gasteiger partial charge in [-0.1, -0.05) is 0 Å². The molecule has 6 heteroatoms. The van der Waals surface area contributed by atoms with Crippen LogP contribution in [0.2, 0.25) is 0 Å². The van der Waals surface area contributed by atoms with Gasteiger partial charge >= 0.3 is 0 Å². The molecule has 0 spiro atoms. The Labute approximate surface area is 119 Å². The molecular weight excluding hydrogens is 282 g/mol. The van der Waals surface area contributed by atoms with E-state index in [-0.39, 0.29) is 17.1 Å². The van der Waals surface area contributed by atoms with E-state index in [1.54, 1.807) is 11.3 Å². The number of hydrogen-bond donors (Lipinski definition) is 1. The third-order valence-electron chi connectivity index (χ3n) is 3.50. The molecule has 1 fully saturated rings. The molecule has 2 heterocycles. The van der Waals surface area contributed by atoms with Crippen molar-refractivity contribution >= 4 is 21.2 Å². The summed E-state index contributed by atoms with van der Waals surface area (Å²) < 4.78 is 29.6. The van der Waals surface area contributed by atoms with Gasteiger partial charge in [0, 0.05) is 13.2 Å². The summed E-state index contributed by atoms with van der Waals surface area (Å²) in [5.41, 5.74) is 1.30. The zero-order valence-corrected chi connectivity index (χ0v) is 12.8. The zero-order valence-electron chi connectivity index (χ0n) is 11.2. The van der Waals surface area contributed by atoms with Gasteiger partial charge in [-0.25, -0.2) is 8.42 Å². The van der Waals surface area contributed by atoms with E-state index < -0.39 is 9.84 Å². The van der Waals surface area contributed by atoms with E-state index in [2.05, 4.69) is 22.1 Å². The highest BCUT2D eigenvalue weighted by atomic mass is 32.2. The smallest absolute Gasteiger partial charge is 0.157 e. The fraction of sp³-hybridized carbons (Fsp3) is 0.692. The van der Waals surface area contributed by atoms with Crippen molar-refractivity contribution in [3.63, 3.8) is 0 Å². The number of ether oxygens (including phenoxy) is 1. The molecule has 1 saturated heterocycles. The van der Waals surface area contributed by atoms with Crippen LogP contribution >= 0.6 is 11.3 Å². The lowest BCUT2D eigenvalue weighted by Crippen LogP contribution is -2.34. The van der Waals surface area contributed by atoms with Crippen LogP contribution in [0.3, 0.4) is 0 Å². The SMILES string of the molecule is CC1OCCC1S(=O)(=O)CCNCCc1ccsc1. The van der Waals surface area contributed by atoms with Gasteiger partial charge in [-0.15, -0.1) is 0 Å². The number of nitrogens with one attached hydrogen (secondary N) is 1. The normalized spacial score (nSPS) is 23.8. The summed E-state index contributed by atoms with van der Waals surface area (Å²) >= 11 is 1.69. The van der Waals surface area contributed by atoms with Crippen LogP contribution in [0.4, 0.5) is 0 Å². The Bertz CT molecular complexity index is 470. The third kappa shape index (κ3) is 4.27. The van der Waals surface area contributed by atoms with Crippen molar-refractivity contribution in [3.05, 3.63) is 22.4 Å². The first-order valence-corrected chi connectivity index (χ1v) is 9.30. The Morgan fingerprint density at radius 2 is 2.32 bits per heavy atom. The fourth-order valence-electron chi connectivity index (χ4n) is 2.34. The second-order valence-electron chi connectivity index (χ2n) is 4.90. The van der Waals surface area contributed by atoms with Crippen molar-refractivity contribution in [2.45, 2.75) is 31.1 Å². The van der Waals surface area contributed by atoms with Crippen molar-refractivity contribution < 1.29 is 13.2 Å². The van der Waals surface area contributed by atoms with Crippen LogP contribution in [0.5, 0.6) is 0 Å². The molecule has 19 heavy (non-hydrogen) atoms. The minimum absolute atomic E-state index is 0.157. The van der Waals surface area contributed by atoms with Crippen molar-refractivity contribution in [2.24, 2.45) is 0 Å². The minimum atomic E-state index is -3.03. The van der Waals surface area contributed by atoms with Gasteiger partial charge in [0.1, 0.15) is 0 Å². The molecular formula is C13H21NO3S2. The molecule has 108 valence electrons. The van der Waals surface area contributed by atoms with Crippen LogP contribution in [-0.2, 0) is 21.0 Å². The molecule has 1 aliphatic heterocycles. The van der Waals surface area contributed by atoms with Gasteiger partial charge in [-0.05, 0) is 48.7 Å². The maximum absolute atomic E-state index is 12.1. The first kappa shape index (κ1) is 15.0. The Hall–Kier alpha value is -0.430. The van der Waals surface area contributed by atoms with Crippen LogP contribution in [0.15, 0.2) is 16.8 Å². The number of sulfone groups is 1. The van der Waals surface area contributed by atoms with E-state index in [4.69, 9.17) is 4.74 Å². The average Bonchev–Trinajstić information content (AvgIpc) is 2.99. The molecule has 4 nitrogen and oxygen atoms in total. The first-order valence-electron chi connectivity index (χ1n) is 6.64. The Balaban J connectivity index is 1.67. The lowest BCUT2D eigenvalue weighted by Gasteiger charge is -2.15. The van der Waals surface area contributed by atoms with Crippen LogP contribution in [0, 0.1) is 0 Å². The molecule has 1 aromatic rings. The molecule has 1 aliphatic rings. The van der Waals surface area contributed by atoms with E-state index in [1.165, 1.54) is 5.56 Å². The van der Waals surface area contributed by atoms with Gasteiger partial charge in [0.25, 0.3) is 0 Å². The maximum Gasteiger partial charge on any atom is 0.157 e. The Morgan fingerprint density at radius 3 is 2.95 bits per heavy atom. The standard InChI is InChI=1S/C13H21NO3S2/c1-11-13(3-7-17-11)19(15,16)9-6-14-5-2-12-4-8-18-10-12/h4,8,10-11,13-14H,2-3,5-7,9H2,1H3. The molecule has 0 amide bonds. The Kier molecular flexibility index (Phi) is 5.38. The van der Waals surface area contributed by atoms with E-state index in [0.717, 1.165) is 13.0 Å². The molecule has 1 aromatic heterocycles. The predicted molar refractivity (Wildman–Crippen MR) is 78.5 cm³/mol. The number of hydrogen-bond acceptors (Lipinski definition) is 5. The van der Waals surface area contributed by atoms with E-state index in [1.807, 2.05) is 6.92 Å². The predicted octanol–water partition coefficient (Wildman–Crippen LogP) is 1.47. The van der Waals surface area contributed by atoms with Crippen LogP contribution in [-0.4, -0.2) is 45.2 Å². The van der Waals surface area contributed by atoms with Crippen molar-refractivity contribution in [1.82, 2.24) is 5.32 Å². The summed E-state index contributed by atoms with van der Waals surface area (Å²) in [5, 5.41) is 7.07. The topological polar surface area (TPSA) is 55.4 Å². The fourth-order valence-corrected chi connectivity index (χ4v) is 4.89. The van der Waals surface area contributed by atoms with E-state index in [9.17, 15) is 8.42 Å². The van der Waals surface area contributed by atoms with E-state index in [0.29, 0.717) is 19.6 Å². The highest BCUT2D eigenvalue weighted by molar-refractivity contribution is 7.92. The second kappa shape index (κ2) is 6.83. The molecule has 2 unspecified atom stereocenters. The highest BCUT2D eigenvalue weighted by Gasteiger charge is 2.35. The lowest BCUT2D eigenvalue weighted by molar-refractivity contribution is 0.126. The lowest BCUT2D eigenvalue weighted by atomic mass is 10.2. The van der Waals surface area contributed by atoms with Gasteiger partial charge in [0.2, 0.25) is 0 Å². The molecule has 0 radical (unpaired) electrons. The summed E-state index contributed by atoms with van der Waals surface area (Å²) in [6.45, 7) is 3.76. The van der Waals surface area contributed by atoms with Crippen LogP contribution in [0.1, 0.15) is 18.9 Å². The molecule has 0 bridgehead atoms. The molecule has 2 atom stereocenters. The third-order valence-corrected chi connectivity index (χ3v) is 6.55. The van der Waals surface area contributed by atoms with Crippen LogP contribution in [0.25, 0.3) is 0 Å². The van der Waals surface area contributed by atoms with Gasteiger partial charge in [-0.3, -0.25) is 0 Å².